The first-order chi connectivity index (χ1) is 11.2. The van der Waals surface area contributed by atoms with Crippen LogP contribution in [0.1, 0.15) is 38.3 Å². The van der Waals surface area contributed by atoms with E-state index < -0.39 is 0 Å². The van der Waals surface area contributed by atoms with Crippen LogP contribution < -0.4 is 11.1 Å². The molecule has 0 spiro atoms. The van der Waals surface area contributed by atoms with Gasteiger partial charge in [-0.2, -0.15) is 0 Å². The average molecular weight is 319 g/mol. The van der Waals surface area contributed by atoms with E-state index in [0.29, 0.717) is 13.1 Å². The molecule has 1 aromatic carbocycles. The Morgan fingerprint density at radius 2 is 2.00 bits per heavy atom. The molecule has 5 nitrogen and oxygen atoms in total. The lowest BCUT2D eigenvalue weighted by molar-refractivity contribution is -0.132. The highest BCUT2D eigenvalue weighted by molar-refractivity contribution is 5.81. The number of rotatable bonds is 8. The third-order valence-corrected chi connectivity index (χ3v) is 4.57. The minimum atomic E-state index is -0.350. The highest BCUT2D eigenvalue weighted by atomic mass is 16.5. The van der Waals surface area contributed by atoms with E-state index in [4.69, 9.17) is 10.5 Å². The maximum Gasteiger partial charge on any atom is 0.249 e. The molecular weight excluding hydrogens is 290 g/mol. The molecule has 0 bridgehead atoms. The van der Waals surface area contributed by atoms with Crippen molar-refractivity contribution in [3.8, 4) is 0 Å². The number of hydrogen-bond donors (Lipinski definition) is 2. The number of nitrogens with one attached hydrogen (secondary N) is 1. The molecule has 0 aliphatic carbocycles. The molecule has 23 heavy (non-hydrogen) atoms. The zero-order valence-electron chi connectivity index (χ0n) is 14.2. The van der Waals surface area contributed by atoms with Crippen LogP contribution in [0, 0.1) is 0 Å². The van der Waals surface area contributed by atoms with Crippen molar-refractivity contribution in [1.29, 1.82) is 0 Å². The Morgan fingerprint density at radius 3 is 2.57 bits per heavy atom. The molecule has 1 amide bonds. The van der Waals surface area contributed by atoms with Gasteiger partial charge < -0.3 is 15.8 Å². The second kappa shape index (κ2) is 9.01. The highest BCUT2D eigenvalue weighted by Gasteiger charge is 2.30. The Kier molecular flexibility index (Phi) is 7.02. The summed E-state index contributed by atoms with van der Waals surface area (Å²) in [7, 11) is 0. The van der Waals surface area contributed by atoms with Crippen LogP contribution in [-0.4, -0.2) is 49.2 Å². The normalized spacial score (nSPS) is 22.3. The monoisotopic (exact) mass is 319 g/mol. The minimum Gasteiger partial charge on any atom is -0.364 e. The lowest BCUT2D eigenvalue weighted by Crippen LogP contribution is -2.42. The highest BCUT2D eigenvalue weighted by Crippen LogP contribution is 2.21. The molecule has 2 rings (SSSR count). The third kappa shape index (κ3) is 4.77. The van der Waals surface area contributed by atoms with E-state index in [2.05, 4.69) is 36.2 Å². The van der Waals surface area contributed by atoms with E-state index in [9.17, 15) is 4.79 Å². The molecule has 1 unspecified atom stereocenters. The molecule has 1 aromatic rings. The van der Waals surface area contributed by atoms with Crippen molar-refractivity contribution in [3.05, 3.63) is 35.9 Å². The number of carbonyl (C=O) groups is 1. The molecule has 0 radical (unpaired) electrons. The Labute approximate surface area is 139 Å². The van der Waals surface area contributed by atoms with Gasteiger partial charge in [0.2, 0.25) is 5.91 Å². The van der Waals surface area contributed by atoms with Crippen molar-refractivity contribution >= 4 is 5.91 Å². The van der Waals surface area contributed by atoms with Crippen molar-refractivity contribution in [2.45, 2.75) is 44.9 Å². The molecule has 1 saturated heterocycles. The molecule has 3 N–H and O–H groups in total. The number of likely N-dealkylation sites (N-methyl/N-ethyl adjacent to an activating group) is 1. The number of nitrogens with two attached hydrogens (primary N) is 1. The second-order valence-corrected chi connectivity index (χ2v) is 5.95. The van der Waals surface area contributed by atoms with Crippen LogP contribution in [0.5, 0.6) is 0 Å². The molecule has 1 heterocycles. The Hall–Kier alpha value is -1.43. The van der Waals surface area contributed by atoms with Crippen LogP contribution in [0.3, 0.4) is 0 Å². The predicted molar refractivity (Wildman–Crippen MR) is 92.1 cm³/mol. The maximum absolute atomic E-state index is 12.3. The molecule has 1 aliphatic heterocycles. The van der Waals surface area contributed by atoms with Crippen molar-refractivity contribution in [2.75, 3.05) is 26.2 Å². The van der Waals surface area contributed by atoms with Crippen LogP contribution in [0.2, 0.25) is 0 Å². The van der Waals surface area contributed by atoms with Gasteiger partial charge >= 0.3 is 0 Å². The molecular formula is C18H29N3O2. The fourth-order valence-electron chi connectivity index (χ4n) is 3.18. The van der Waals surface area contributed by atoms with E-state index in [-0.39, 0.29) is 24.2 Å². The predicted octanol–water partition coefficient (Wildman–Crippen LogP) is 1.69. The van der Waals surface area contributed by atoms with E-state index in [1.165, 1.54) is 5.56 Å². The fourth-order valence-corrected chi connectivity index (χ4v) is 3.18. The number of benzene rings is 1. The van der Waals surface area contributed by atoms with Gasteiger partial charge in [-0.05, 0) is 31.5 Å². The molecule has 5 heteroatoms. The van der Waals surface area contributed by atoms with E-state index >= 15 is 0 Å². The van der Waals surface area contributed by atoms with Crippen LogP contribution in [0.15, 0.2) is 30.3 Å². The average Bonchev–Trinajstić information content (AvgIpc) is 3.08. The largest absolute Gasteiger partial charge is 0.364 e. The second-order valence-electron chi connectivity index (χ2n) is 5.95. The molecule has 3 atom stereocenters. The Balaban J connectivity index is 1.97. The van der Waals surface area contributed by atoms with Crippen molar-refractivity contribution < 1.29 is 9.53 Å². The Bertz CT molecular complexity index is 476. The van der Waals surface area contributed by atoms with Gasteiger partial charge in [-0.15, -0.1) is 0 Å². The van der Waals surface area contributed by atoms with Crippen molar-refractivity contribution in [2.24, 2.45) is 5.73 Å². The molecule has 0 aromatic heterocycles. The lowest BCUT2D eigenvalue weighted by Gasteiger charge is -2.30. The number of amides is 1. The molecule has 128 valence electrons. The lowest BCUT2D eigenvalue weighted by atomic mass is 10.0. The van der Waals surface area contributed by atoms with Gasteiger partial charge in [-0.25, -0.2) is 0 Å². The summed E-state index contributed by atoms with van der Waals surface area (Å²) in [4.78, 5) is 14.7. The fraction of sp³-hybridized carbons (Fsp3) is 0.611. The van der Waals surface area contributed by atoms with Gasteiger partial charge in [0, 0.05) is 13.1 Å². The Morgan fingerprint density at radius 1 is 1.30 bits per heavy atom. The maximum atomic E-state index is 12.3. The zero-order chi connectivity index (χ0) is 16.7. The first kappa shape index (κ1) is 17.9. The quantitative estimate of drug-likeness (QED) is 0.765. The van der Waals surface area contributed by atoms with Gasteiger partial charge in [0.05, 0.1) is 12.1 Å². The van der Waals surface area contributed by atoms with Crippen LogP contribution in [0.4, 0.5) is 0 Å². The first-order valence-electron chi connectivity index (χ1n) is 8.61. The van der Waals surface area contributed by atoms with Gasteiger partial charge in [0.1, 0.15) is 6.10 Å². The summed E-state index contributed by atoms with van der Waals surface area (Å²) in [6.45, 7) is 7.26. The number of nitrogens with zero attached hydrogens (tertiary/aromatic N) is 1. The summed E-state index contributed by atoms with van der Waals surface area (Å²) in [5, 5.41) is 3.07. The van der Waals surface area contributed by atoms with Gasteiger partial charge in [-0.1, -0.05) is 44.2 Å². The van der Waals surface area contributed by atoms with Crippen LogP contribution in [0.25, 0.3) is 0 Å². The molecule has 0 saturated carbocycles. The summed E-state index contributed by atoms with van der Waals surface area (Å²) < 4.78 is 5.67. The van der Waals surface area contributed by atoms with Crippen LogP contribution >= 0.6 is 0 Å². The number of ether oxygens (including phenoxy) is 1. The summed E-state index contributed by atoms with van der Waals surface area (Å²) in [5.74, 6) is -0.0194. The van der Waals surface area contributed by atoms with Crippen molar-refractivity contribution in [1.82, 2.24) is 10.2 Å². The van der Waals surface area contributed by atoms with Gasteiger partial charge in [0.15, 0.2) is 0 Å². The van der Waals surface area contributed by atoms with Crippen molar-refractivity contribution in [3.63, 3.8) is 0 Å². The minimum absolute atomic E-state index is 0.0194. The summed E-state index contributed by atoms with van der Waals surface area (Å²) >= 11 is 0. The first-order valence-corrected chi connectivity index (χ1v) is 8.61. The smallest absolute Gasteiger partial charge is 0.249 e. The molecule has 1 fully saturated rings. The standard InChI is InChI=1S/C18H29N3O2/c1-3-21(4-2)16(14-8-6-5-7-9-14)13-20-18(22)17-11-10-15(12-19)23-17/h5-9,15-17H,3-4,10-13,19H2,1-2H3,(H,20,22)/t15-,16?,17+/m1/s1. The third-order valence-electron chi connectivity index (χ3n) is 4.57. The summed E-state index contributed by atoms with van der Waals surface area (Å²) in [5.41, 5.74) is 6.83. The topological polar surface area (TPSA) is 67.6 Å². The van der Waals surface area contributed by atoms with E-state index in [1.54, 1.807) is 0 Å². The van der Waals surface area contributed by atoms with Crippen LogP contribution in [-0.2, 0) is 9.53 Å². The molecule has 1 aliphatic rings. The summed E-state index contributed by atoms with van der Waals surface area (Å²) in [6, 6.07) is 10.5. The van der Waals surface area contributed by atoms with E-state index in [1.807, 2.05) is 18.2 Å². The number of hydrogen-bond acceptors (Lipinski definition) is 4. The van der Waals surface area contributed by atoms with Gasteiger partial charge in [-0.3, -0.25) is 9.69 Å². The number of carbonyl (C=O) groups excluding carboxylic acids is 1. The van der Waals surface area contributed by atoms with E-state index in [0.717, 1.165) is 25.9 Å². The zero-order valence-corrected chi connectivity index (χ0v) is 14.2. The van der Waals surface area contributed by atoms with Gasteiger partial charge in [0.25, 0.3) is 0 Å². The SMILES string of the molecule is CCN(CC)C(CNC(=O)[C@@H]1CC[C@H](CN)O1)c1ccccc1. The summed E-state index contributed by atoms with van der Waals surface area (Å²) in [6.07, 6.45) is 1.30.